The first-order valence-corrected chi connectivity index (χ1v) is 6.95. The van der Waals surface area contributed by atoms with Crippen molar-refractivity contribution in [2.45, 2.75) is 25.6 Å². The van der Waals surface area contributed by atoms with Crippen LogP contribution in [0.2, 0.25) is 0 Å². The Kier molecular flexibility index (Phi) is 5.49. The van der Waals surface area contributed by atoms with E-state index >= 15 is 0 Å². The number of nitrogens with one attached hydrogen (secondary N) is 1. The Morgan fingerprint density at radius 3 is 2.24 bits per heavy atom. The van der Waals surface area contributed by atoms with Crippen LogP contribution in [0.4, 0.5) is 0 Å². The number of amides is 1. The average Bonchev–Trinajstić information content (AvgIpc) is 2.54. The van der Waals surface area contributed by atoms with Crippen molar-refractivity contribution in [1.82, 2.24) is 5.32 Å². The highest BCUT2D eigenvalue weighted by Crippen LogP contribution is 2.05. The molecule has 21 heavy (non-hydrogen) atoms. The van der Waals surface area contributed by atoms with Crippen LogP contribution in [0, 0.1) is 0 Å². The molecule has 0 aliphatic rings. The molecule has 4 heteroatoms. The van der Waals surface area contributed by atoms with Crippen LogP contribution < -0.4 is 11.1 Å². The van der Waals surface area contributed by atoms with Crippen LogP contribution in [0.1, 0.15) is 16.7 Å². The lowest BCUT2D eigenvalue weighted by Gasteiger charge is -2.12. The molecule has 2 rings (SSSR count). The minimum atomic E-state index is -0.552. The molecule has 1 unspecified atom stereocenters. The van der Waals surface area contributed by atoms with Gasteiger partial charge in [-0.2, -0.15) is 0 Å². The number of hydrogen-bond acceptors (Lipinski definition) is 3. The summed E-state index contributed by atoms with van der Waals surface area (Å²) in [6, 6.07) is 16.6. The van der Waals surface area contributed by atoms with E-state index in [0.29, 0.717) is 13.0 Å². The maximum Gasteiger partial charge on any atom is 0.237 e. The Morgan fingerprint density at radius 1 is 1.00 bits per heavy atom. The number of aliphatic hydroxyl groups excluding tert-OH is 1. The van der Waals surface area contributed by atoms with Gasteiger partial charge in [0.2, 0.25) is 5.91 Å². The number of rotatable bonds is 6. The summed E-state index contributed by atoms with van der Waals surface area (Å²) in [6.07, 6.45) is 0.524. The van der Waals surface area contributed by atoms with E-state index in [4.69, 9.17) is 10.8 Å². The van der Waals surface area contributed by atoms with Crippen LogP contribution in [0.25, 0.3) is 0 Å². The summed E-state index contributed by atoms with van der Waals surface area (Å²) in [5.74, 6) is -0.162. The average molecular weight is 284 g/mol. The molecule has 0 radical (unpaired) electrons. The number of hydrogen-bond donors (Lipinski definition) is 3. The molecule has 0 saturated heterocycles. The minimum Gasteiger partial charge on any atom is -0.392 e. The lowest BCUT2D eigenvalue weighted by atomic mass is 10.1. The van der Waals surface area contributed by atoms with E-state index in [0.717, 1.165) is 16.7 Å². The van der Waals surface area contributed by atoms with E-state index in [9.17, 15) is 4.79 Å². The summed E-state index contributed by atoms with van der Waals surface area (Å²) in [5, 5.41) is 11.8. The van der Waals surface area contributed by atoms with Gasteiger partial charge in [0, 0.05) is 6.54 Å². The van der Waals surface area contributed by atoms with E-state index in [1.165, 1.54) is 0 Å². The van der Waals surface area contributed by atoms with Crippen molar-refractivity contribution in [2.75, 3.05) is 0 Å². The summed E-state index contributed by atoms with van der Waals surface area (Å²) in [5.41, 5.74) is 8.79. The number of aliphatic hydroxyl groups is 1. The molecule has 2 aromatic rings. The molecule has 0 fully saturated rings. The minimum absolute atomic E-state index is 0.0224. The summed E-state index contributed by atoms with van der Waals surface area (Å²) in [6.45, 7) is 0.460. The first-order valence-electron chi connectivity index (χ1n) is 6.95. The van der Waals surface area contributed by atoms with Gasteiger partial charge in [0.25, 0.3) is 0 Å². The van der Waals surface area contributed by atoms with Crippen LogP contribution in [0.5, 0.6) is 0 Å². The monoisotopic (exact) mass is 284 g/mol. The van der Waals surface area contributed by atoms with Gasteiger partial charge in [-0.1, -0.05) is 54.6 Å². The second-order valence-corrected chi connectivity index (χ2v) is 4.99. The summed E-state index contributed by atoms with van der Waals surface area (Å²) < 4.78 is 0. The van der Waals surface area contributed by atoms with Crippen LogP contribution in [-0.4, -0.2) is 17.1 Å². The highest BCUT2D eigenvalue weighted by atomic mass is 16.3. The molecule has 4 nitrogen and oxygen atoms in total. The summed E-state index contributed by atoms with van der Waals surface area (Å²) >= 11 is 0. The van der Waals surface area contributed by atoms with Gasteiger partial charge in [0.05, 0.1) is 12.6 Å². The number of nitrogens with two attached hydrogens (primary N) is 1. The molecule has 0 heterocycles. The number of carbonyl (C=O) groups excluding carboxylic acids is 1. The van der Waals surface area contributed by atoms with Gasteiger partial charge in [-0.25, -0.2) is 0 Å². The molecular formula is C17H20N2O2. The second-order valence-electron chi connectivity index (χ2n) is 4.99. The quantitative estimate of drug-likeness (QED) is 0.750. The van der Waals surface area contributed by atoms with Gasteiger partial charge < -0.3 is 16.2 Å². The third-order valence-corrected chi connectivity index (χ3v) is 3.31. The Bertz CT molecular complexity index is 567. The second kappa shape index (κ2) is 7.57. The summed E-state index contributed by atoms with van der Waals surface area (Å²) in [4.78, 5) is 12.0. The van der Waals surface area contributed by atoms with E-state index in [1.807, 2.05) is 54.6 Å². The molecule has 1 atom stereocenters. The predicted octanol–water partition coefficient (Wildman–Crippen LogP) is 1.37. The van der Waals surface area contributed by atoms with E-state index in [2.05, 4.69) is 5.32 Å². The smallest absolute Gasteiger partial charge is 0.237 e. The van der Waals surface area contributed by atoms with Crippen LogP contribution in [0.3, 0.4) is 0 Å². The molecule has 0 saturated carbocycles. The molecule has 0 aromatic heterocycles. The highest BCUT2D eigenvalue weighted by Gasteiger charge is 2.13. The SMILES string of the molecule is NC(Cc1ccccc1)C(=O)NCc1ccc(CO)cc1. The third kappa shape index (κ3) is 4.70. The van der Waals surface area contributed by atoms with Crippen LogP contribution in [-0.2, 0) is 24.4 Å². The molecule has 2 aromatic carbocycles. The van der Waals surface area contributed by atoms with Crippen molar-refractivity contribution < 1.29 is 9.90 Å². The molecule has 0 spiro atoms. The van der Waals surface area contributed by atoms with Gasteiger partial charge in [-0.3, -0.25) is 4.79 Å². The fraction of sp³-hybridized carbons (Fsp3) is 0.235. The Morgan fingerprint density at radius 2 is 1.62 bits per heavy atom. The number of carbonyl (C=O) groups is 1. The van der Waals surface area contributed by atoms with Gasteiger partial charge in [-0.05, 0) is 23.1 Å². The van der Waals surface area contributed by atoms with Crippen molar-refractivity contribution >= 4 is 5.91 Å². The zero-order chi connectivity index (χ0) is 15.1. The maximum absolute atomic E-state index is 12.0. The highest BCUT2D eigenvalue weighted by molar-refractivity contribution is 5.81. The molecule has 0 aliphatic carbocycles. The topological polar surface area (TPSA) is 75.4 Å². The maximum atomic E-state index is 12.0. The van der Waals surface area contributed by atoms with Crippen molar-refractivity contribution in [3.63, 3.8) is 0 Å². The van der Waals surface area contributed by atoms with Gasteiger partial charge in [0.15, 0.2) is 0 Å². The van der Waals surface area contributed by atoms with Crippen molar-refractivity contribution in [2.24, 2.45) is 5.73 Å². The molecule has 0 aliphatic heterocycles. The first-order chi connectivity index (χ1) is 10.2. The largest absolute Gasteiger partial charge is 0.392 e. The van der Waals surface area contributed by atoms with Crippen molar-refractivity contribution in [3.8, 4) is 0 Å². The molecule has 4 N–H and O–H groups in total. The Balaban J connectivity index is 1.83. The van der Waals surface area contributed by atoms with E-state index in [1.54, 1.807) is 0 Å². The van der Waals surface area contributed by atoms with E-state index < -0.39 is 6.04 Å². The summed E-state index contributed by atoms with van der Waals surface area (Å²) in [7, 11) is 0. The molecule has 110 valence electrons. The van der Waals surface area contributed by atoms with Crippen LogP contribution in [0.15, 0.2) is 54.6 Å². The normalized spacial score (nSPS) is 11.9. The number of benzene rings is 2. The Labute approximate surface area is 124 Å². The fourth-order valence-corrected chi connectivity index (χ4v) is 2.04. The van der Waals surface area contributed by atoms with E-state index in [-0.39, 0.29) is 12.5 Å². The predicted molar refractivity (Wildman–Crippen MR) is 82.3 cm³/mol. The third-order valence-electron chi connectivity index (χ3n) is 3.31. The molecular weight excluding hydrogens is 264 g/mol. The van der Waals surface area contributed by atoms with Crippen molar-refractivity contribution in [3.05, 3.63) is 71.3 Å². The standard InChI is InChI=1S/C17H20N2O2/c18-16(10-13-4-2-1-3-5-13)17(21)19-11-14-6-8-15(12-20)9-7-14/h1-9,16,20H,10-12,18H2,(H,19,21). The molecule has 1 amide bonds. The zero-order valence-electron chi connectivity index (χ0n) is 11.8. The van der Waals surface area contributed by atoms with Gasteiger partial charge in [-0.15, -0.1) is 0 Å². The molecule has 0 bridgehead atoms. The zero-order valence-corrected chi connectivity index (χ0v) is 11.8. The Hall–Kier alpha value is -2.17. The lowest BCUT2D eigenvalue weighted by Crippen LogP contribution is -2.41. The van der Waals surface area contributed by atoms with Crippen molar-refractivity contribution in [1.29, 1.82) is 0 Å². The first kappa shape index (κ1) is 15.2. The van der Waals surface area contributed by atoms with Gasteiger partial charge >= 0.3 is 0 Å². The lowest BCUT2D eigenvalue weighted by molar-refractivity contribution is -0.122. The fourth-order valence-electron chi connectivity index (χ4n) is 2.04. The van der Waals surface area contributed by atoms with Gasteiger partial charge in [0.1, 0.15) is 0 Å². The van der Waals surface area contributed by atoms with Crippen LogP contribution >= 0.6 is 0 Å².